The number of amides is 1. The van der Waals surface area contributed by atoms with E-state index in [1.165, 1.54) is 7.11 Å². The summed E-state index contributed by atoms with van der Waals surface area (Å²) >= 11 is 1.57. The zero-order chi connectivity index (χ0) is 17.2. The highest BCUT2D eigenvalue weighted by Crippen LogP contribution is 2.30. The van der Waals surface area contributed by atoms with Crippen LogP contribution >= 0.6 is 11.3 Å². The lowest BCUT2D eigenvalue weighted by Crippen LogP contribution is -2.33. The fourth-order valence-corrected chi connectivity index (χ4v) is 3.12. The van der Waals surface area contributed by atoms with Crippen LogP contribution in [0.4, 0.5) is 4.79 Å². The lowest BCUT2D eigenvalue weighted by atomic mass is 10.1. The molecule has 1 unspecified atom stereocenters. The van der Waals surface area contributed by atoms with Crippen molar-refractivity contribution < 1.29 is 19.1 Å². The summed E-state index contributed by atoms with van der Waals surface area (Å²) in [5.41, 5.74) is -0.0172. The van der Waals surface area contributed by atoms with E-state index in [-0.39, 0.29) is 12.0 Å². The predicted molar refractivity (Wildman–Crippen MR) is 90.9 cm³/mol. The molecule has 0 saturated carbocycles. The molecule has 1 N–H and O–H groups in total. The smallest absolute Gasteiger partial charge is 0.408 e. The summed E-state index contributed by atoms with van der Waals surface area (Å²) in [6, 6.07) is 7.20. The van der Waals surface area contributed by atoms with Crippen molar-refractivity contribution in [3.05, 3.63) is 34.7 Å². The minimum atomic E-state index is -0.528. The SMILES string of the molecule is COC(=O)c1ccc2sc(C(C)NC(=O)OC(C)(C)C)cc2c1. The van der Waals surface area contributed by atoms with Crippen LogP contribution in [0, 0.1) is 0 Å². The van der Waals surface area contributed by atoms with Crippen LogP contribution in [0.25, 0.3) is 10.1 Å². The molecule has 0 aliphatic carbocycles. The molecule has 124 valence electrons. The van der Waals surface area contributed by atoms with Gasteiger partial charge in [0.2, 0.25) is 0 Å². The van der Waals surface area contributed by atoms with E-state index in [9.17, 15) is 9.59 Å². The first-order valence-corrected chi connectivity index (χ1v) is 8.12. The van der Waals surface area contributed by atoms with Gasteiger partial charge in [-0.1, -0.05) is 0 Å². The number of nitrogens with one attached hydrogen (secondary N) is 1. The highest BCUT2D eigenvalue weighted by molar-refractivity contribution is 7.19. The maximum Gasteiger partial charge on any atom is 0.408 e. The zero-order valence-electron chi connectivity index (χ0n) is 13.9. The Kier molecular flexibility index (Phi) is 4.94. The molecule has 0 saturated heterocycles. The maximum atomic E-state index is 11.8. The first kappa shape index (κ1) is 17.3. The van der Waals surface area contributed by atoms with E-state index < -0.39 is 11.7 Å². The Morgan fingerprint density at radius 2 is 1.91 bits per heavy atom. The average Bonchev–Trinajstić information content (AvgIpc) is 2.87. The quantitative estimate of drug-likeness (QED) is 0.851. The van der Waals surface area contributed by atoms with Gasteiger partial charge < -0.3 is 14.8 Å². The Morgan fingerprint density at radius 3 is 2.52 bits per heavy atom. The number of rotatable bonds is 3. The number of thiophene rings is 1. The van der Waals surface area contributed by atoms with Gasteiger partial charge in [0, 0.05) is 9.58 Å². The summed E-state index contributed by atoms with van der Waals surface area (Å²) in [6.45, 7) is 7.37. The second-order valence-electron chi connectivity index (χ2n) is 6.26. The normalized spacial score (nSPS) is 12.7. The summed E-state index contributed by atoms with van der Waals surface area (Å²) in [5, 5.41) is 3.77. The molecule has 6 heteroatoms. The van der Waals surface area contributed by atoms with Gasteiger partial charge in [0.25, 0.3) is 0 Å². The van der Waals surface area contributed by atoms with Crippen molar-refractivity contribution in [3.63, 3.8) is 0 Å². The third-order valence-electron chi connectivity index (χ3n) is 3.12. The van der Waals surface area contributed by atoms with Crippen LogP contribution in [-0.4, -0.2) is 24.8 Å². The Labute approximate surface area is 139 Å². The molecule has 0 bridgehead atoms. The number of carbonyl (C=O) groups excluding carboxylic acids is 2. The Hall–Kier alpha value is -2.08. The molecule has 1 atom stereocenters. The zero-order valence-corrected chi connectivity index (χ0v) is 14.7. The summed E-state index contributed by atoms with van der Waals surface area (Å²) in [6.07, 6.45) is -0.447. The number of alkyl carbamates (subject to hydrolysis) is 1. The molecule has 2 aromatic rings. The standard InChI is InChI=1S/C17H21NO4S/c1-10(18-16(20)22-17(2,3)4)14-9-12-8-11(15(19)21-5)6-7-13(12)23-14/h6-10H,1-5H3,(H,18,20). The summed E-state index contributed by atoms with van der Waals surface area (Å²) in [7, 11) is 1.36. The number of esters is 1. The van der Waals surface area contributed by atoms with Crippen molar-refractivity contribution in [2.24, 2.45) is 0 Å². The van der Waals surface area contributed by atoms with Crippen LogP contribution in [0.15, 0.2) is 24.3 Å². The topological polar surface area (TPSA) is 64.6 Å². The van der Waals surface area contributed by atoms with E-state index in [0.29, 0.717) is 5.56 Å². The van der Waals surface area contributed by atoms with Crippen LogP contribution in [0.1, 0.15) is 49.0 Å². The molecule has 2 rings (SSSR count). The number of methoxy groups -OCH3 is 1. The number of carbonyl (C=O) groups is 2. The number of benzene rings is 1. The Bertz CT molecular complexity index is 730. The van der Waals surface area contributed by atoms with Crippen molar-refractivity contribution in [1.82, 2.24) is 5.32 Å². The molecule has 23 heavy (non-hydrogen) atoms. The largest absolute Gasteiger partial charge is 0.465 e. The molecule has 5 nitrogen and oxygen atoms in total. The molecule has 1 aromatic carbocycles. The van der Waals surface area contributed by atoms with E-state index in [4.69, 9.17) is 9.47 Å². The van der Waals surface area contributed by atoms with Gasteiger partial charge in [0.05, 0.1) is 18.7 Å². The minimum absolute atomic E-state index is 0.177. The lowest BCUT2D eigenvalue weighted by Gasteiger charge is -2.21. The first-order chi connectivity index (χ1) is 10.7. The van der Waals surface area contributed by atoms with Crippen molar-refractivity contribution in [1.29, 1.82) is 0 Å². The van der Waals surface area contributed by atoms with Crippen LogP contribution in [0.2, 0.25) is 0 Å². The second kappa shape index (κ2) is 6.58. The van der Waals surface area contributed by atoms with Gasteiger partial charge in [-0.3, -0.25) is 0 Å². The van der Waals surface area contributed by atoms with E-state index >= 15 is 0 Å². The second-order valence-corrected chi connectivity index (χ2v) is 7.38. The number of fused-ring (bicyclic) bond motifs is 1. The first-order valence-electron chi connectivity index (χ1n) is 7.31. The molecular weight excluding hydrogens is 314 g/mol. The number of hydrogen-bond acceptors (Lipinski definition) is 5. The summed E-state index contributed by atoms with van der Waals surface area (Å²) in [4.78, 5) is 24.4. The monoisotopic (exact) mass is 335 g/mol. The molecule has 1 amide bonds. The van der Waals surface area contributed by atoms with Crippen LogP contribution < -0.4 is 5.32 Å². The lowest BCUT2D eigenvalue weighted by molar-refractivity contribution is 0.0507. The Morgan fingerprint density at radius 1 is 1.22 bits per heavy atom. The molecule has 0 radical (unpaired) electrons. The van der Waals surface area contributed by atoms with Gasteiger partial charge in [-0.15, -0.1) is 11.3 Å². The van der Waals surface area contributed by atoms with Crippen molar-refractivity contribution in [3.8, 4) is 0 Å². The van der Waals surface area contributed by atoms with E-state index in [2.05, 4.69) is 5.32 Å². The van der Waals surface area contributed by atoms with E-state index in [0.717, 1.165) is 15.0 Å². The highest BCUT2D eigenvalue weighted by Gasteiger charge is 2.19. The predicted octanol–water partition coefficient (Wildman–Crippen LogP) is 4.27. The highest BCUT2D eigenvalue weighted by atomic mass is 32.1. The van der Waals surface area contributed by atoms with E-state index in [1.54, 1.807) is 23.5 Å². The number of ether oxygens (including phenoxy) is 2. The van der Waals surface area contributed by atoms with Gasteiger partial charge in [0.1, 0.15) is 5.60 Å². The summed E-state index contributed by atoms with van der Waals surface area (Å²) in [5.74, 6) is -0.362. The fourth-order valence-electron chi connectivity index (χ4n) is 2.08. The summed E-state index contributed by atoms with van der Waals surface area (Å²) < 4.78 is 11.0. The Balaban J connectivity index is 2.16. The van der Waals surface area contributed by atoms with Crippen LogP contribution in [-0.2, 0) is 9.47 Å². The van der Waals surface area contributed by atoms with Gasteiger partial charge in [-0.2, -0.15) is 0 Å². The van der Waals surface area contributed by atoms with Gasteiger partial charge in [-0.25, -0.2) is 9.59 Å². The molecule has 0 spiro atoms. The molecule has 0 fully saturated rings. The van der Waals surface area contributed by atoms with Crippen molar-refractivity contribution in [2.45, 2.75) is 39.3 Å². The fraction of sp³-hybridized carbons (Fsp3) is 0.412. The number of hydrogen-bond donors (Lipinski definition) is 1. The van der Waals surface area contributed by atoms with Crippen molar-refractivity contribution >= 4 is 33.5 Å². The van der Waals surface area contributed by atoms with E-state index in [1.807, 2.05) is 39.8 Å². The van der Waals surface area contributed by atoms with Gasteiger partial charge in [0.15, 0.2) is 0 Å². The third kappa shape index (κ3) is 4.45. The molecule has 0 aliphatic rings. The maximum absolute atomic E-state index is 11.8. The average molecular weight is 335 g/mol. The third-order valence-corrected chi connectivity index (χ3v) is 4.42. The molecule has 1 aromatic heterocycles. The van der Waals surface area contributed by atoms with Gasteiger partial charge in [-0.05, 0) is 57.3 Å². The van der Waals surface area contributed by atoms with Crippen molar-refractivity contribution in [2.75, 3.05) is 7.11 Å². The molecular formula is C17H21NO4S. The van der Waals surface area contributed by atoms with Gasteiger partial charge >= 0.3 is 12.1 Å². The molecule has 1 heterocycles. The molecule has 0 aliphatic heterocycles. The van der Waals surface area contributed by atoms with Crippen LogP contribution in [0.5, 0.6) is 0 Å². The minimum Gasteiger partial charge on any atom is -0.465 e. The van der Waals surface area contributed by atoms with Crippen LogP contribution in [0.3, 0.4) is 0 Å².